The van der Waals surface area contributed by atoms with Crippen molar-refractivity contribution in [3.8, 4) is 0 Å². The van der Waals surface area contributed by atoms with Crippen LogP contribution in [0.15, 0.2) is 53.6 Å². The van der Waals surface area contributed by atoms with E-state index in [-0.39, 0.29) is 23.4 Å². The van der Waals surface area contributed by atoms with Gasteiger partial charge in [-0.15, -0.1) is 5.10 Å². The van der Waals surface area contributed by atoms with Gasteiger partial charge in [0.2, 0.25) is 5.91 Å². The summed E-state index contributed by atoms with van der Waals surface area (Å²) >= 11 is 0. The van der Waals surface area contributed by atoms with Crippen molar-refractivity contribution >= 4 is 11.6 Å². The van der Waals surface area contributed by atoms with Crippen molar-refractivity contribution in [3.05, 3.63) is 75.6 Å². The number of carbonyl (C=O) groups excluding carboxylic acids is 1. The average Bonchev–Trinajstić information content (AvgIpc) is 3.33. The molecule has 1 amide bonds. The molecule has 0 saturated carbocycles. The molecule has 1 saturated heterocycles. The van der Waals surface area contributed by atoms with Crippen LogP contribution in [0, 0.1) is 11.1 Å². The summed E-state index contributed by atoms with van der Waals surface area (Å²) in [6.07, 6.45) is 2.78. The summed E-state index contributed by atoms with van der Waals surface area (Å²) in [5.74, 6) is -0.0224. The molecule has 3 aromatic rings. The van der Waals surface area contributed by atoms with Crippen molar-refractivity contribution in [3.63, 3.8) is 0 Å². The molecule has 2 aromatic heterocycles. The molecule has 1 aromatic carbocycles. The Bertz CT molecular complexity index is 1160. The maximum Gasteiger partial charge on any atom is 0.275 e. The molecule has 32 heavy (non-hydrogen) atoms. The van der Waals surface area contributed by atoms with E-state index >= 15 is 0 Å². The van der Waals surface area contributed by atoms with E-state index in [9.17, 15) is 20.0 Å². The molecular weight excluding hydrogens is 414 g/mol. The normalized spacial score (nSPS) is 20.5. The average molecular weight is 436 g/mol. The number of fused-ring (bicyclic) bond motifs is 4. The minimum Gasteiger partial charge on any atom is -0.733 e. The Balaban J connectivity index is 1.42. The lowest BCUT2D eigenvalue weighted by atomic mass is 9.82. The van der Waals surface area contributed by atoms with E-state index in [1.165, 1.54) is 17.1 Å². The molecule has 4 heterocycles. The number of pyridine rings is 1. The standard InChI is InChI=1S/C21H22N7O4/c29-20(19(27-13-22-23-24-27)9-14-4-2-1-3-5-14)25-10-15-8-16(12-25)17-6-7-18(28(31)32)21(30)26(17)11-15/h1-7,13,15-16,19,31H,8-12H2/q-1. The number of nitrogens with zero attached hydrogens (tertiary/aromatic N) is 7. The summed E-state index contributed by atoms with van der Waals surface area (Å²) in [6, 6.07) is 12.2. The summed E-state index contributed by atoms with van der Waals surface area (Å²) < 4.78 is 3.05. The second kappa shape index (κ2) is 8.17. The zero-order chi connectivity index (χ0) is 22.2. The van der Waals surface area contributed by atoms with Gasteiger partial charge >= 0.3 is 0 Å². The first kappa shape index (κ1) is 20.3. The maximum absolute atomic E-state index is 13.6. The highest BCUT2D eigenvalue weighted by molar-refractivity contribution is 5.81. The van der Waals surface area contributed by atoms with Gasteiger partial charge < -0.3 is 19.9 Å². The Morgan fingerprint density at radius 3 is 2.72 bits per heavy atom. The van der Waals surface area contributed by atoms with E-state index in [0.717, 1.165) is 17.7 Å². The fourth-order valence-electron chi connectivity index (χ4n) is 4.91. The van der Waals surface area contributed by atoms with Gasteiger partial charge in [-0.2, -0.15) is 0 Å². The first-order chi connectivity index (χ1) is 15.5. The number of hydrogen-bond acceptors (Lipinski definition) is 8. The largest absolute Gasteiger partial charge is 0.733 e. The van der Waals surface area contributed by atoms with Gasteiger partial charge in [0.15, 0.2) is 0 Å². The quantitative estimate of drug-likeness (QED) is 0.585. The third kappa shape index (κ3) is 3.65. The van der Waals surface area contributed by atoms with Crippen molar-refractivity contribution in [2.75, 3.05) is 18.3 Å². The zero-order valence-corrected chi connectivity index (χ0v) is 17.2. The van der Waals surface area contributed by atoms with Crippen molar-refractivity contribution < 1.29 is 10.0 Å². The van der Waals surface area contributed by atoms with Crippen molar-refractivity contribution in [2.24, 2.45) is 5.92 Å². The molecule has 11 nitrogen and oxygen atoms in total. The van der Waals surface area contributed by atoms with Gasteiger partial charge in [0.1, 0.15) is 18.1 Å². The lowest BCUT2D eigenvalue weighted by Gasteiger charge is -2.44. The third-order valence-electron chi connectivity index (χ3n) is 6.34. The van der Waals surface area contributed by atoms with Gasteiger partial charge in [-0.25, -0.2) is 4.68 Å². The Labute approximate surface area is 183 Å². The van der Waals surface area contributed by atoms with Crippen LogP contribution in [0.4, 0.5) is 5.69 Å². The number of piperidine rings is 1. The molecule has 11 heteroatoms. The van der Waals surface area contributed by atoms with Crippen LogP contribution in [-0.4, -0.2) is 53.9 Å². The number of carbonyl (C=O) groups is 1. The van der Waals surface area contributed by atoms with E-state index in [1.807, 2.05) is 35.2 Å². The van der Waals surface area contributed by atoms with Crippen LogP contribution in [0.1, 0.15) is 29.6 Å². The van der Waals surface area contributed by atoms with Crippen LogP contribution in [0.3, 0.4) is 0 Å². The predicted molar refractivity (Wildman–Crippen MR) is 113 cm³/mol. The highest BCUT2D eigenvalue weighted by Crippen LogP contribution is 2.36. The van der Waals surface area contributed by atoms with Crippen LogP contribution in [0.5, 0.6) is 0 Å². The predicted octanol–water partition coefficient (Wildman–Crippen LogP) is 0.958. The van der Waals surface area contributed by atoms with Crippen molar-refractivity contribution in [1.29, 1.82) is 0 Å². The molecule has 166 valence electrons. The molecule has 0 aliphatic carbocycles. The van der Waals surface area contributed by atoms with E-state index in [0.29, 0.717) is 26.1 Å². The second-order valence-corrected chi connectivity index (χ2v) is 8.37. The lowest BCUT2D eigenvalue weighted by Crippen LogP contribution is -2.51. The summed E-state index contributed by atoms with van der Waals surface area (Å²) in [7, 11) is 0. The number of anilines is 1. The molecule has 2 aliphatic heterocycles. The SMILES string of the molecule is O=C(C(Cc1ccccc1)n1cnnn1)N1CC2CC(C1)c1ccc(N([O-])O)c(=O)n1C2. The molecule has 2 aliphatic rings. The minimum atomic E-state index is -0.570. The first-order valence-electron chi connectivity index (χ1n) is 10.5. The number of benzene rings is 1. The van der Waals surface area contributed by atoms with Gasteiger partial charge in [0.25, 0.3) is 5.56 Å². The fourth-order valence-corrected chi connectivity index (χ4v) is 4.91. The summed E-state index contributed by atoms with van der Waals surface area (Å²) in [5.41, 5.74) is 0.971. The monoisotopic (exact) mass is 436 g/mol. The molecule has 1 N–H and O–H groups in total. The van der Waals surface area contributed by atoms with Crippen LogP contribution in [-0.2, 0) is 17.8 Å². The first-order valence-corrected chi connectivity index (χ1v) is 10.5. The molecule has 1 fully saturated rings. The van der Waals surface area contributed by atoms with Crippen LogP contribution < -0.4 is 10.8 Å². The zero-order valence-electron chi connectivity index (χ0n) is 17.2. The molecule has 3 unspecified atom stereocenters. The topological polar surface area (TPSA) is 132 Å². The Morgan fingerprint density at radius 1 is 1.19 bits per heavy atom. The molecule has 0 radical (unpaired) electrons. The molecular formula is C21H22N7O4-. The number of likely N-dealkylation sites (tertiary alicyclic amines) is 1. The Kier molecular flexibility index (Phi) is 5.19. The molecule has 5 rings (SSSR count). The van der Waals surface area contributed by atoms with E-state index in [4.69, 9.17) is 0 Å². The summed E-state index contributed by atoms with van der Waals surface area (Å²) in [6.45, 7) is 1.35. The number of aromatic nitrogens is 5. The Morgan fingerprint density at radius 2 is 2.00 bits per heavy atom. The highest BCUT2D eigenvalue weighted by atomic mass is 16.8. The number of hydrogen-bond donors (Lipinski definition) is 1. The minimum absolute atomic E-state index is 0.0294. The number of tetrazole rings is 1. The highest BCUT2D eigenvalue weighted by Gasteiger charge is 2.39. The van der Waals surface area contributed by atoms with Crippen molar-refractivity contribution in [1.82, 2.24) is 29.7 Å². The van der Waals surface area contributed by atoms with Crippen LogP contribution >= 0.6 is 0 Å². The summed E-state index contributed by atoms with van der Waals surface area (Å²) in [5, 5.41) is 31.5. The van der Waals surface area contributed by atoms with Gasteiger partial charge in [-0.3, -0.25) is 14.8 Å². The van der Waals surface area contributed by atoms with Gasteiger partial charge in [0, 0.05) is 37.7 Å². The van der Waals surface area contributed by atoms with E-state index in [2.05, 4.69) is 15.5 Å². The fraction of sp³-hybridized carbons (Fsp3) is 0.381. The van der Waals surface area contributed by atoms with Gasteiger partial charge in [-0.1, -0.05) is 30.3 Å². The van der Waals surface area contributed by atoms with E-state index in [1.54, 1.807) is 10.6 Å². The van der Waals surface area contributed by atoms with Gasteiger partial charge in [0.05, 0.1) is 0 Å². The molecule has 2 bridgehead atoms. The smallest absolute Gasteiger partial charge is 0.275 e. The number of rotatable bonds is 5. The van der Waals surface area contributed by atoms with Crippen LogP contribution in [0.2, 0.25) is 0 Å². The lowest BCUT2D eigenvalue weighted by molar-refractivity contribution is -0.138. The van der Waals surface area contributed by atoms with Crippen LogP contribution in [0.25, 0.3) is 0 Å². The third-order valence-corrected chi connectivity index (χ3v) is 6.34. The Hall–Kier alpha value is -3.57. The number of amides is 1. The maximum atomic E-state index is 13.6. The van der Waals surface area contributed by atoms with E-state index < -0.39 is 16.8 Å². The molecule has 3 atom stereocenters. The van der Waals surface area contributed by atoms with Crippen molar-refractivity contribution in [2.45, 2.75) is 31.3 Å². The van der Waals surface area contributed by atoms with Gasteiger partial charge in [-0.05, 0) is 40.5 Å². The summed E-state index contributed by atoms with van der Waals surface area (Å²) in [4.78, 5) is 28.1. The molecule has 0 spiro atoms. The second-order valence-electron chi connectivity index (χ2n) is 8.37.